The maximum absolute atomic E-state index is 12.7. The number of benzene rings is 1. The number of amides is 1. The summed E-state index contributed by atoms with van der Waals surface area (Å²) in [5, 5.41) is 14.7. The second kappa shape index (κ2) is 6.88. The zero-order chi connectivity index (χ0) is 19.1. The molecule has 140 valence electrons. The Morgan fingerprint density at radius 3 is 2.96 bits per heavy atom. The minimum atomic E-state index is -0.277. The van der Waals surface area contributed by atoms with E-state index >= 15 is 0 Å². The maximum Gasteiger partial charge on any atom is 0.267 e. The lowest BCUT2D eigenvalue weighted by molar-refractivity contribution is 0.103. The molecule has 0 unspecified atom stereocenters. The molecule has 0 spiro atoms. The summed E-state index contributed by atoms with van der Waals surface area (Å²) < 4.78 is 0. The molecule has 0 radical (unpaired) electrons. The average molecular weight is 411 g/mol. The summed E-state index contributed by atoms with van der Waals surface area (Å²) in [5.74, 6) is 1.03. The van der Waals surface area contributed by atoms with E-state index in [1.165, 1.54) is 30.4 Å². The number of H-pyrrole nitrogens is 1. The summed E-state index contributed by atoms with van der Waals surface area (Å²) in [4.78, 5) is 22.1. The molecule has 5 rings (SSSR count). The Kier molecular flexibility index (Phi) is 4.22. The van der Waals surface area contributed by atoms with Crippen molar-refractivity contribution in [2.75, 3.05) is 10.6 Å². The van der Waals surface area contributed by atoms with Crippen molar-refractivity contribution in [2.45, 2.75) is 18.8 Å². The molecule has 1 aliphatic rings. The number of hydrogen-bond acceptors (Lipinski definition) is 6. The van der Waals surface area contributed by atoms with Crippen LogP contribution < -0.4 is 10.6 Å². The Morgan fingerprint density at radius 1 is 1.21 bits per heavy atom. The second-order valence-corrected chi connectivity index (χ2v) is 8.02. The molecule has 3 aromatic heterocycles. The molecule has 0 aliphatic heterocycles. The molecule has 28 heavy (non-hydrogen) atoms. The highest BCUT2D eigenvalue weighted by Crippen LogP contribution is 2.39. The molecule has 0 atom stereocenters. The van der Waals surface area contributed by atoms with Crippen molar-refractivity contribution in [3.63, 3.8) is 0 Å². The first-order valence-electron chi connectivity index (χ1n) is 8.80. The summed E-state index contributed by atoms with van der Waals surface area (Å²) in [5.41, 5.74) is 2.43. The van der Waals surface area contributed by atoms with Crippen molar-refractivity contribution >= 4 is 56.4 Å². The van der Waals surface area contributed by atoms with Crippen molar-refractivity contribution in [1.82, 2.24) is 20.2 Å². The standard InChI is InChI=1S/C19H15ClN6OS/c20-12-6-7-14-11(8-22-26-14)17(12)25-18(27)15-9-21-19(28-15)24-16-3-1-2-13(23-16)10-4-5-10/h1-3,6-10H,4-5H2,(H,22,26)(H,25,27)(H,21,23,24). The molecular formula is C19H15ClN6OS. The van der Waals surface area contributed by atoms with Crippen molar-refractivity contribution in [3.05, 3.63) is 58.3 Å². The number of aromatic nitrogens is 4. The minimum absolute atomic E-state index is 0.277. The van der Waals surface area contributed by atoms with Crippen LogP contribution in [-0.4, -0.2) is 26.1 Å². The maximum atomic E-state index is 12.7. The van der Waals surface area contributed by atoms with Gasteiger partial charge in [0, 0.05) is 17.0 Å². The van der Waals surface area contributed by atoms with Gasteiger partial charge in [-0.2, -0.15) is 5.10 Å². The van der Waals surface area contributed by atoms with Crippen LogP contribution in [0.25, 0.3) is 10.9 Å². The zero-order valence-electron chi connectivity index (χ0n) is 14.6. The summed E-state index contributed by atoms with van der Waals surface area (Å²) >= 11 is 7.52. The van der Waals surface area contributed by atoms with Gasteiger partial charge in [0.15, 0.2) is 5.13 Å². The van der Waals surface area contributed by atoms with Crippen molar-refractivity contribution < 1.29 is 4.79 Å². The molecule has 0 saturated heterocycles. The molecule has 1 aliphatic carbocycles. The van der Waals surface area contributed by atoms with E-state index in [-0.39, 0.29) is 5.91 Å². The number of pyridine rings is 1. The molecule has 3 heterocycles. The number of nitrogens with zero attached hydrogens (tertiary/aromatic N) is 3. The highest BCUT2D eigenvalue weighted by molar-refractivity contribution is 7.17. The molecule has 3 N–H and O–H groups in total. The van der Waals surface area contributed by atoms with Gasteiger partial charge in [0.25, 0.3) is 5.91 Å². The fraction of sp³-hybridized carbons (Fsp3) is 0.158. The van der Waals surface area contributed by atoms with Gasteiger partial charge in [-0.15, -0.1) is 0 Å². The van der Waals surface area contributed by atoms with Gasteiger partial charge < -0.3 is 10.6 Å². The molecule has 1 fully saturated rings. The van der Waals surface area contributed by atoms with E-state index < -0.39 is 0 Å². The van der Waals surface area contributed by atoms with E-state index in [9.17, 15) is 4.79 Å². The molecule has 7 nitrogen and oxygen atoms in total. The first-order valence-corrected chi connectivity index (χ1v) is 9.99. The highest BCUT2D eigenvalue weighted by atomic mass is 35.5. The molecule has 1 aromatic carbocycles. The number of halogens is 1. The van der Waals surface area contributed by atoms with Crippen LogP contribution in [0.4, 0.5) is 16.6 Å². The lowest BCUT2D eigenvalue weighted by atomic mass is 10.2. The van der Waals surface area contributed by atoms with Gasteiger partial charge in [0.2, 0.25) is 0 Å². The molecule has 4 aromatic rings. The number of rotatable bonds is 5. The second-order valence-electron chi connectivity index (χ2n) is 6.58. The molecule has 0 bridgehead atoms. The van der Waals surface area contributed by atoms with E-state index in [2.05, 4.69) is 30.8 Å². The van der Waals surface area contributed by atoms with Crippen LogP contribution in [0.5, 0.6) is 0 Å². The third kappa shape index (κ3) is 3.32. The van der Waals surface area contributed by atoms with Crippen molar-refractivity contribution in [3.8, 4) is 0 Å². The quantitative estimate of drug-likeness (QED) is 0.433. The summed E-state index contributed by atoms with van der Waals surface area (Å²) in [6, 6.07) is 9.46. The number of carbonyl (C=O) groups excluding carboxylic acids is 1. The summed E-state index contributed by atoms with van der Waals surface area (Å²) in [6.45, 7) is 0. The fourth-order valence-electron chi connectivity index (χ4n) is 2.97. The van der Waals surface area contributed by atoms with Gasteiger partial charge in [-0.05, 0) is 37.1 Å². The van der Waals surface area contributed by atoms with Gasteiger partial charge in [-0.3, -0.25) is 9.89 Å². The topological polar surface area (TPSA) is 95.6 Å². The molecular weight excluding hydrogens is 396 g/mol. The Labute approximate surface area is 169 Å². The third-order valence-electron chi connectivity index (χ3n) is 4.54. The molecule has 1 amide bonds. The van der Waals surface area contributed by atoms with Gasteiger partial charge in [0.05, 0.1) is 28.6 Å². The van der Waals surface area contributed by atoms with Gasteiger partial charge in [-0.1, -0.05) is 29.0 Å². The third-order valence-corrected chi connectivity index (χ3v) is 5.77. The van der Waals surface area contributed by atoms with Crippen molar-refractivity contribution in [2.24, 2.45) is 0 Å². The van der Waals surface area contributed by atoms with E-state index in [1.807, 2.05) is 24.3 Å². The van der Waals surface area contributed by atoms with E-state index in [0.717, 1.165) is 22.4 Å². The van der Waals surface area contributed by atoms with Crippen LogP contribution in [0.1, 0.15) is 34.1 Å². The largest absolute Gasteiger partial charge is 0.319 e. The predicted molar refractivity (Wildman–Crippen MR) is 111 cm³/mol. The minimum Gasteiger partial charge on any atom is -0.319 e. The number of thiazole rings is 1. The van der Waals surface area contributed by atoms with E-state index in [4.69, 9.17) is 11.6 Å². The number of anilines is 3. The van der Waals surface area contributed by atoms with Gasteiger partial charge >= 0.3 is 0 Å². The summed E-state index contributed by atoms with van der Waals surface area (Å²) in [6.07, 6.45) is 5.57. The number of nitrogens with one attached hydrogen (secondary N) is 3. The lowest BCUT2D eigenvalue weighted by Gasteiger charge is -2.07. The first kappa shape index (κ1) is 17.2. The lowest BCUT2D eigenvalue weighted by Crippen LogP contribution is -2.10. The normalized spacial score (nSPS) is 13.6. The highest BCUT2D eigenvalue weighted by Gasteiger charge is 2.25. The average Bonchev–Trinajstić information content (AvgIpc) is 3.26. The van der Waals surface area contributed by atoms with Crippen LogP contribution in [0.2, 0.25) is 5.02 Å². The van der Waals surface area contributed by atoms with Gasteiger partial charge in [-0.25, -0.2) is 9.97 Å². The smallest absolute Gasteiger partial charge is 0.267 e. The number of aromatic amines is 1. The monoisotopic (exact) mass is 410 g/mol. The molecule has 1 saturated carbocycles. The van der Waals surface area contributed by atoms with Crippen LogP contribution in [0.15, 0.2) is 42.7 Å². The summed E-state index contributed by atoms with van der Waals surface area (Å²) in [7, 11) is 0. The van der Waals surface area contributed by atoms with Crippen molar-refractivity contribution in [1.29, 1.82) is 0 Å². The van der Waals surface area contributed by atoms with Crippen LogP contribution in [0, 0.1) is 0 Å². The Hall–Kier alpha value is -2.97. The van der Waals surface area contributed by atoms with Crippen LogP contribution >= 0.6 is 22.9 Å². The number of carbonyl (C=O) groups is 1. The zero-order valence-corrected chi connectivity index (χ0v) is 16.1. The fourth-order valence-corrected chi connectivity index (χ4v) is 3.90. The number of hydrogen-bond donors (Lipinski definition) is 3. The van der Waals surface area contributed by atoms with Crippen LogP contribution in [-0.2, 0) is 0 Å². The first-order chi connectivity index (χ1) is 13.7. The number of fused-ring (bicyclic) bond motifs is 1. The Morgan fingerprint density at radius 2 is 2.11 bits per heavy atom. The van der Waals surface area contributed by atoms with E-state index in [0.29, 0.717) is 26.6 Å². The molecule has 9 heteroatoms. The SMILES string of the molecule is O=C(Nc1c(Cl)ccc2[nH]ncc12)c1cnc(Nc2cccc(C3CC3)n2)s1. The van der Waals surface area contributed by atoms with E-state index in [1.54, 1.807) is 12.3 Å². The Balaban J connectivity index is 1.34. The van der Waals surface area contributed by atoms with Gasteiger partial charge in [0.1, 0.15) is 10.7 Å². The predicted octanol–water partition coefficient (Wildman–Crippen LogP) is 4.94. The van der Waals surface area contributed by atoms with Crippen LogP contribution in [0.3, 0.4) is 0 Å². The Bertz CT molecular complexity index is 1180.